The minimum atomic E-state index is -0.539. The number of alkyl carbamates (subject to hydrolysis) is 1. The second-order valence-electron chi connectivity index (χ2n) is 12.2. The molecule has 4 aromatic carbocycles. The molecule has 0 saturated carbocycles. The number of nitrogens with one attached hydrogen (secondary N) is 2. The van der Waals surface area contributed by atoms with Crippen LogP contribution in [0.5, 0.6) is 0 Å². The third-order valence-corrected chi connectivity index (χ3v) is 5.99. The monoisotopic (exact) mass is 588 g/mol. The van der Waals surface area contributed by atoms with Crippen molar-refractivity contribution in [1.82, 2.24) is 5.32 Å². The zero-order chi connectivity index (χ0) is 30.9. The zero-order valence-corrected chi connectivity index (χ0v) is 25.5. The van der Waals surface area contributed by atoms with Gasteiger partial charge in [0.2, 0.25) is 0 Å². The van der Waals surface area contributed by atoms with E-state index in [-0.39, 0.29) is 7.43 Å². The number of amides is 2. The molecule has 0 aromatic heterocycles. The molecule has 8 nitrogen and oxygen atoms in total. The quantitative estimate of drug-likeness (QED) is 0.170. The fourth-order valence-electron chi connectivity index (χ4n) is 4.21. The van der Waals surface area contributed by atoms with E-state index < -0.39 is 23.4 Å². The van der Waals surface area contributed by atoms with Gasteiger partial charge in [-0.25, -0.2) is 9.59 Å². The summed E-state index contributed by atoms with van der Waals surface area (Å²) in [6, 6.07) is 24.1. The fraction of sp³-hybridized carbons (Fsp3) is 0.371. The molecule has 8 heteroatoms. The minimum Gasteiger partial charge on any atom is -0.444 e. The molecule has 0 spiro atoms. The first-order valence-corrected chi connectivity index (χ1v) is 14.2. The Bertz CT molecular complexity index is 1520. The number of hydrogen-bond donors (Lipinski definition) is 4. The van der Waals surface area contributed by atoms with E-state index in [1.165, 1.54) is 16.3 Å². The lowest BCUT2D eigenvalue weighted by molar-refractivity contribution is 0.0527. The summed E-state index contributed by atoms with van der Waals surface area (Å²) in [5.41, 5.74) is 14.0. The first-order chi connectivity index (χ1) is 19.7. The van der Waals surface area contributed by atoms with Crippen molar-refractivity contribution in [2.45, 2.75) is 73.0 Å². The van der Waals surface area contributed by atoms with Crippen molar-refractivity contribution >= 4 is 45.1 Å². The fourth-order valence-corrected chi connectivity index (χ4v) is 4.21. The minimum absolute atomic E-state index is 0. The van der Waals surface area contributed by atoms with E-state index in [1.54, 1.807) is 0 Å². The van der Waals surface area contributed by atoms with Crippen LogP contribution in [-0.4, -0.2) is 36.5 Å². The van der Waals surface area contributed by atoms with Gasteiger partial charge in [-0.3, -0.25) is 5.32 Å². The Morgan fingerprint density at radius 2 is 1.16 bits per heavy atom. The SMILES string of the molecule is C.CC(C)(C)OC(=O)NCCc1ccc2cc(NC(=O)OC(C)(C)C)ccc2c1.NCCc1ccc2cc(N)ccc2c1. The summed E-state index contributed by atoms with van der Waals surface area (Å²) in [6.07, 6.45) is 0.746. The van der Waals surface area contributed by atoms with Crippen LogP contribution in [0.1, 0.15) is 60.1 Å². The van der Waals surface area contributed by atoms with Gasteiger partial charge in [-0.05, 0) is 118 Å². The number of carbonyl (C=O) groups excluding carboxylic acids is 2. The summed E-state index contributed by atoms with van der Waals surface area (Å²) in [5, 5.41) is 9.99. The third kappa shape index (κ3) is 12.2. The molecule has 0 radical (unpaired) electrons. The predicted octanol–water partition coefficient (Wildman–Crippen LogP) is 7.81. The van der Waals surface area contributed by atoms with Gasteiger partial charge in [0.1, 0.15) is 11.2 Å². The number of ether oxygens (including phenoxy) is 2. The van der Waals surface area contributed by atoms with Crippen LogP contribution in [0.4, 0.5) is 21.0 Å². The normalized spacial score (nSPS) is 11.1. The molecule has 43 heavy (non-hydrogen) atoms. The molecule has 0 atom stereocenters. The highest BCUT2D eigenvalue weighted by Gasteiger charge is 2.17. The van der Waals surface area contributed by atoms with Gasteiger partial charge in [-0.15, -0.1) is 0 Å². The second kappa shape index (κ2) is 15.3. The number of carbonyl (C=O) groups is 2. The molecule has 0 fully saturated rings. The zero-order valence-electron chi connectivity index (χ0n) is 25.5. The van der Waals surface area contributed by atoms with Gasteiger partial charge in [0.05, 0.1) is 0 Å². The van der Waals surface area contributed by atoms with E-state index in [0.29, 0.717) is 25.2 Å². The van der Waals surface area contributed by atoms with E-state index >= 15 is 0 Å². The number of rotatable bonds is 6. The average molecular weight is 589 g/mol. The molecular weight excluding hydrogens is 540 g/mol. The Balaban J connectivity index is 0.000000359. The summed E-state index contributed by atoms with van der Waals surface area (Å²) in [7, 11) is 0. The second-order valence-corrected chi connectivity index (χ2v) is 12.2. The number of fused-ring (bicyclic) bond motifs is 2. The molecule has 4 rings (SSSR count). The molecule has 0 aliphatic rings. The molecule has 0 bridgehead atoms. The summed E-state index contributed by atoms with van der Waals surface area (Å²) in [4.78, 5) is 23.6. The topological polar surface area (TPSA) is 129 Å². The van der Waals surface area contributed by atoms with E-state index in [4.69, 9.17) is 20.9 Å². The number of nitrogen functional groups attached to an aromatic ring is 1. The van der Waals surface area contributed by atoms with Crippen molar-refractivity contribution in [3.63, 3.8) is 0 Å². The molecule has 232 valence electrons. The van der Waals surface area contributed by atoms with Crippen molar-refractivity contribution < 1.29 is 19.1 Å². The maximum Gasteiger partial charge on any atom is 0.412 e. The van der Waals surface area contributed by atoms with Crippen molar-refractivity contribution in [1.29, 1.82) is 0 Å². The van der Waals surface area contributed by atoms with Gasteiger partial charge in [0.15, 0.2) is 0 Å². The lowest BCUT2D eigenvalue weighted by atomic mass is 10.0. The highest BCUT2D eigenvalue weighted by Crippen LogP contribution is 2.22. The maximum atomic E-state index is 11.9. The summed E-state index contributed by atoms with van der Waals surface area (Å²) < 4.78 is 10.5. The largest absolute Gasteiger partial charge is 0.444 e. The Hall–Kier alpha value is -4.30. The Morgan fingerprint density at radius 1 is 0.674 bits per heavy atom. The van der Waals surface area contributed by atoms with Crippen molar-refractivity contribution in [2.75, 3.05) is 24.1 Å². The molecule has 0 saturated heterocycles. The molecule has 4 aromatic rings. The summed E-state index contributed by atoms with van der Waals surface area (Å²) in [5.74, 6) is 0. The third-order valence-electron chi connectivity index (χ3n) is 5.99. The van der Waals surface area contributed by atoms with Crippen LogP contribution in [-0.2, 0) is 22.3 Å². The number of anilines is 2. The summed E-state index contributed by atoms with van der Waals surface area (Å²) >= 11 is 0. The van der Waals surface area contributed by atoms with Crippen LogP contribution in [0, 0.1) is 0 Å². The van der Waals surface area contributed by atoms with Crippen molar-refractivity contribution in [2.24, 2.45) is 5.73 Å². The molecule has 6 N–H and O–H groups in total. The van der Waals surface area contributed by atoms with E-state index in [1.807, 2.05) is 90.1 Å². The van der Waals surface area contributed by atoms with Gasteiger partial charge in [-0.2, -0.15) is 0 Å². The van der Waals surface area contributed by atoms with Crippen LogP contribution >= 0.6 is 0 Å². The van der Waals surface area contributed by atoms with Gasteiger partial charge in [0.25, 0.3) is 0 Å². The van der Waals surface area contributed by atoms with Crippen LogP contribution in [0.3, 0.4) is 0 Å². The molecule has 0 aliphatic heterocycles. The molecule has 0 heterocycles. The smallest absolute Gasteiger partial charge is 0.412 e. The molecule has 2 amide bonds. The van der Waals surface area contributed by atoms with E-state index in [9.17, 15) is 9.59 Å². The Morgan fingerprint density at radius 3 is 1.74 bits per heavy atom. The summed E-state index contributed by atoms with van der Waals surface area (Å²) in [6.45, 7) is 12.2. The van der Waals surface area contributed by atoms with Crippen LogP contribution in [0.25, 0.3) is 21.5 Å². The average Bonchev–Trinajstić information content (AvgIpc) is 2.87. The number of benzene rings is 4. The highest BCUT2D eigenvalue weighted by atomic mass is 16.6. The van der Waals surface area contributed by atoms with Crippen LogP contribution in [0.15, 0.2) is 72.8 Å². The maximum absolute atomic E-state index is 11.9. The van der Waals surface area contributed by atoms with Crippen LogP contribution < -0.4 is 22.1 Å². The first kappa shape index (κ1) is 34.9. The predicted molar refractivity (Wildman–Crippen MR) is 180 cm³/mol. The van der Waals surface area contributed by atoms with Crippen molar-refractivity contribution in [3.8, 4) is 0 Å². The Kier molecular flexibility index (Phi) is 12.4. The van der Waals surface area contributed by atoms with Crippen LogP contribution in [0.2, 0.25) is 0 Å². The Labute approximate surface area is 256 Å². The van der Waals surface area contributed by atoms with Gasteiger partial charge in [-0.1, -0.05) is 56.0 Å². The van der Waals surface area contributed by atoms with Gasteiger partial charge >= 0.3 is 12.2 Å². The lowest BCUT2D eigenvalue weighted by Crippen LogP contribution is -2.33. The van der Waals surface area contributed by atoms with E-state index in [2.05, 4.69) is 34.9 Å². The van der Waals surface area contributed by atoms with Crippen molar-refractivity contribution in [3.05, 3.63) is 83.9 Å². The number of hydrogen-bond acceptors (Lipinski definition) is 6. The molecule has 0 aliphatic carbocycles. The first-order valence-electron chi connectivity index (χ1n) is 14.2. The molecular formula is C35H48N4O4. The lowest BCUT2D eigenvalue weighted by Gasteiger charge is -2.20. The standard InChI is InChI=1S/C22H30N2O4.C12H14N2.CH4/c1-21(2,3)27-19(25)23-12-11-15-7-8-17-14-18(10-9-16(17)13-15)24-20(26)28-22(4,5)6;13-6-5-9-1-2-11-8-12(14)4-3-10(11)7-9;/h7-10,13-14H,11-12H2,1-6H3,(H,23,25)(H,24,26);1-4,7-8H,5-6,13-14H2;1H4. The molecule has 0 unspecified atom stereocenters. The highest BCUT2D eigenvalue weighted by molar-refractivity contribution is 5.91. The number of nitrogens with two attached hydrogens (primary N) is 2. The van der Waals surface area contributed by atoms with Gasteiger partial charge < -0.3 is 26.3 Å². The van der Waals surface area contributed by atoms with E-state index in [0.717, 1.165) is 28.4 Å². The van der Waals surface area contributed by atoms with Gasteiger partial charge in [0, 0.05) is 17.9 Å².